The van der Waals surface area contributed by atoms with Crippen LogP contribution >= 0.6 is 11.3 Å². The number of aryl methyl sites for hydroxylation is 1. The molecular formula is C23H24N6OS. The standard InChI is InChI=1S/C23H24N6OS/c1-2-16-7-9-17(10-8-16)22-25-27-29(26-22)15-21(30)28-13-11-18(12-14-28)23-24-19-5-3-4-6-20(19)31-23/h3-10,18H,2,11-15H2,1H3. The number of aromatic nitrogens is 5. The third-order valence-electron chi connectivity index (χ3n) is 5.86. The number of rotatable bonds is 5. The minimum absolute atomic E-state index is 0.0352. The molecule has 158 valence electrons. The van der Waals surface area contributed by atoms with Gasteiger partial charge in [-0.3, -0.25) is 4.79 Å². The first-order valence-electron chi connectivity index (χ1n) is 10.7. The van der Waals surface area contributed by atoms with Crippen molar-refractivity contribution in [2.45, 2.75) is 38.6 Å². The molecule has 1 saturated heterocycles. The van der Waals surface area contributed by atoms with E-state index in [1.165, 1.54) is 20.1 Å². The number of carbonyl (C=O) groups excluding carboxylic acids is 1. The van der Waals surface area contributed by atoms with Gasteiger partial charge in [-0.2, -0.15) is 4.80 Å². The van der Waals surface area contributed by atoms with Crippen LogP contribution in [0.4, 0.5) is 0 Å². The summed E-state index contributed by atoms with van der Waals surface area (Å²) in [5.41, 5.74) is 3.24. The molecule has 5 rings (SSSR count). The summed E-state index contributed by atoms with van der Waals surface area (Å²) in [5, 5.41) is 13.8. The van der Waals surface area contributed by atoms with E-state index in [9.17, 15) is 4.79 Å². The molecule has 1 fully saturated rings. The topological polar surface area (TPSA) is 76.8 Å². The lowest BCUT2D eigenvalue weighted by Gasteiger charge is -2.30. The average molecular weight is 433 g/mol. The number of hydrogen-bond donors (Lipinski definition) is 0. The van der Waals surface area contributed by atoms with Crippen molar-refractivity contribution in [1.29, 1.82) is 0 Å². The number of hydrogen-bond acceptors (Lipinski definition) is 6. The van der Waals surface area contributed by atoms with E-state index in [1.54, 1.807) is 11.3 Å². The maximum atomic E-state index is 12.8. The Labute approximate surface area is 184 Å². The van der Waals surface area contributed by atoms with Crippen LogP contribution in [0.1, 0.15) is 36.3 Å². The molecule has 1 amide bonds. The summed E-state index contributed by atoms with van der Waals surface area (Å²) in [7, 11) is 0. The summed E-state index contributed by atoms with van der Waals surface area (Å²) in [5.74, 6) is 1.00. The summed E-state index contributed by atoms with van der Waals surface area (Å²) >= 11 is 1.77. The number of thiazole rings is 1. The zero-order valence-corrected chi connectivity index (χ0v) is 18.3. The number of benzene rings is 2. The van der Waals surface area contributed by atoms with Crippen LogP contribution < -0.4 is 0 Å². The zero-order valence-electron chi connectivity index (χ0n) is 17.4. The van der Waals surface area contributed by atoms with Crippen LogP contribution in [0.5, 0.6) is 0 Å². The Morgan fingerprint density at radius 2 is 1.87 bits per heavy atom. The molecule has 0 N–H and O–H groups in total. The molecule has 0 bridgehead atoms. The first-order chi connectivity index (χ1) is 15.2. The van der Waals surface area contributed by atoms with Crippen LogP contribution in [0.15, 0.2) is 48.5 Å². The number of piperidine rings is 1. The summed E-state index contributed by atoms with van der Waals surface area (Å²) in [6.07, 6.45) is 2.86. The number of carbonyl (C=O) groups is 1. The minimum Gasteiger partial charge on any atom is -0.341 e. The van der Waals surface area contributed by atoms with Gasteiger partial charge in [0.05, 0.1) is 15.2 Å². The van der Waals surface area contributed by atoms with Crippen LogP contribution in [0.25, 0.3) is 21.6 Å². The minimum atomic E-state index is 0.0352. The maximum Gasteiger partial charge on any atom is 0.246 e. The largest absolute Gasteiger partial charge is 0.341 e. The van der Waals surface area contributed by atoms with Crippen molar-refractivity contribution in [3.8, 4) is 11.4 Å². The lowest BCUT2D eigenvalue weighted by Crippen LogP contribution is -2.40. The molecule has 2 aromatic heterocycles. The van der Waals surface area contributed by atoms with Gasteiger partial charge in [-0.25, -0.2) is 4.98 Å². The highest BCUT2D eigenvalue weighted by Gasteiger charge is 2.26. The van der Waals surface area contributed by atoms with Crippen molar-refractivity contribution in [2.24, 2.45) is 0 Å². The molecule has 0 aliphatic carbocycles. The predicted molar refractivity (Wildman–Crippen MR) is 121 cm³/mol. The van der Waals surface area contributed by atoms with E-state index < -0.39 is 0 Å². The highest BCUT2D eigenvalue weighted by molar-refractivity contribution is 7.18. The monoisotopic (exact) mass is 432 g/mol. The predicted octanol–water partition coefficient (Wildman–Crippen LogP) is 3.92. The Kier molecular flexibility index (Phi) is 5.46. The molecule has 0 radical (unpaired) electrons. The Hall–Kier alpha value is -3.13. The van der Waals surface area contributed by atoms with Crippen LogP contribution in [0, 0.1) is 0 Å². The van der Waals surface area contributed by atoms with Crippen LogP contribution in [-0.4, -0.2) is 49.1 Å². The second kappa shape index (κ2) is 8.55. The van der Waals surface area contributed by atoms with Crippen molar-refractivity contribution in [3.05, 3.63) is 59.1 Å². The fraction of sp³-hybridized carbons (Fsp3) is 0.348. The third-order valence-corrected chi connectivity index (χ3v) is 7.06. The Morgan fingerprint density at radius 1 is 1.10 bits per heavy atom. The van der Waals surface area contributed by atoms with Gasteiger partial charge in [-0.15, -0.1) is 21.5 Å². The number of tetrazole rings is 1. The first kappa shape index (κ1) is 19.8. The zero-order chi connectivity index (χ0) is 21.2. The fourth-order valence-electron chi connectivity index (χ4n) is 3.98. The molecule has 1 aliphatic heterocycles. The lowest BCUT2D eigenvalue weighted by atomic mass is 9.97. The lowest BCUT2D eigenvalue weighted by molar-refractivity contribution is -0.133. The Balaban J connectivity index is 1.18. The van der Waals surface area contributed by atoms with E-state index in [1.807, 2.05) is 23.1 Å². The van der Waals surface area contributed by atoms with Crippen molar-refractivity contribution in [3.63, 3.8) is 0 Å². The van der Waals surface area contributed by atoms with Crippen molar-refractivity contribution >= 4 is 27.5 Å². The van der Waals surface area contributed by atoms with E-state index in [2.05, 4.69) is 52.7 Å². The Morgan fingerprint density at radius 3 is 2.61 bits per heavy atom. The molecular weight excluding hydrogens is 408 g/mol. The van der Waals surface area contributed by atoms with Crippen LogP contribution in [0.2, 0.25) is 0 Å². The van der Waals surface area contributed by atoms with Gasteiger partial charge in [-0.1, -0.05) is 43.3 Å². The summed E-state index contributed by atoms with van der Waals surface area (Å²) < 4.78 is 1.23. The molecule has 2 aromatic carbocycles. The van der Waals surface area contributed by atoms with Crippen molar-refractivity contribution in [2.75, 3.05) is 13.1 Å². The smallest absolute Gasteiger partial charge is 0.246 e. The van der Waals surface area contributed by atoms with Gasteiger partial charge in [-0.05, 0) is 42.2 Å². The number of nitrogens with zero attached hydrogens (tertiary/aromatic N) is 6. The summed E-state index contributed by atoms with van der Waals surface area (Å²) in [6, 6.07) is 16.4. The Bertz CT molecular complexity index is 1160. The molecule has 0 unspecified atom stereocenters. The van der Waals surface area contributed by atoms with Gasteiger partial charge in [0.1, 0.15) is 6.54 Å². The molecule has 31 heavy (non-hydrogen) atoms. The van der Waals surface area contributed by atoms with E-state index in [4.69, 9.17) is 4.98 Å². The number of fused-ring (bicyclic) bond motifs is 1. The summed E-state index contributed by atoms with van der Waals surface area (Å²) in [4.78, 5) is 20.9. The van der Waals surface area contributed by atoms with Gasteiger partial charge >= 0.3 is 0 Å². The fourth-order valence-corrected chi connectivity index (χ4v) is 5.11. The van der Waals surface area contributed by atoms with Gasteiger partial charge in [0.15, 0.2) is 0 Å². The second-order valence-electron chi connectivity index (χ2n) is 7.87. The molecule has 8 heteroatoms. The normalized spacial score (nSPS) is 14.9. The average Bonchev–Trinajstić information content (AvgIpc) is 3.46. The van der Waals surface area contributed by atoms with E-state index in [-0.39, 0.29) is 12.5 Å². The molecule has 1 aliphatic rings. The molecule has 3 heterocycles. The van der Waals surface area contributed by atoms with E-state index in [0.29, 0.717) is 11.7 Å². The SMILES string of the molecule is CCc1ccc(-c2nnn(CC(=O)N3CCC(c4nc5ccccc5s4)CC3)n2)cc1. The van der Waals surface area contributed by atoms with Crippen LogP contribution in [0.3, 0.4) is 0 Å². The first-order valence-corrected chi connectivity index (χ1v) is 11.5. The number of amides is 1. The second-order valence-corrected chi connectivity index (χ2v) is 8.93. The van der Waals surface area contributed by atoms with Gasteiger partial charge in [0, 0.05) is 24.6 Å². The van der Waals surface area contributed by atoms with Gasteiger partial charge in [0.2, 0.25) is 11.7 Å². The van der Waals surface area contributed by atoms with E-state index in [0.717, 1.165) is 43.4 Å². The third kappa shape index (κ3) is 4.20. The van der Waals surface area contributed by atoms with Crippen molar-refractivity contribution in [1.82, 2.24) is 30.1 Å². The highest BCUT2D eigenvalue weighted by atomic mass is 32.1. The summed E-state index contributed by atoms with van der Waals surface area (Å²) in [6.45, 7) is 3.71. The van der Waals surface area contributed by atoms with E-state index >= 15 is 0 Å². The molecule has 4 aromatic rings. The van der Waals surface area contributed by atoms with Gasteiger partial charge < -0.3 is 4.90 Å². The molecule has 0 atom stereocenters. The molecule has 7 nitrogen and oxygen atoms in total. The molecule has 0 spiro atoms. The quantitative estimate of drug-likeness (QED) is 0.478. The van der Waals surface area contributed by atoms with Crippen LogP contribution in [-0.2, 0) is 17.8 Å². The maximum absolute atomic E-state index is 12.8. The number of para-hydroxylation sites is 1. The van der Waals surface area contributed by atoms with Gasteiger partial charge in [0.25, 0.3) is 0 Å². The number of likely N-dealkylation sites (tertiary alicyclic amines) is 1. The van der Waals surface area contributed by atoms with Crippen molar-refractivity contribution < 1.29 is 4.79 Å². The molecule has 0 saturated carbocycles. The highest BCUT2D eigenvalue weighted by Crippen LogP contribution is 2.33.